The van der Waals surface area contributed by atoms with Crippen LogP contribution in [0, 0.1) is 0 Å². The minimum Gasteiger partial charge on any atom is -0.481 e. The van der Waals surface area contributed by atoms with E-state index in [1.807, 2.05) is 12.5 Å². The summed E-state index contributed by atoms with van der Waals surface area (Å²) in [5.41, 5.74) is 0.987. The van der Waals surface area contributed by atoms with Crippen LogP contribution in [0.25, 0.3) is 0 Å². The third kappa shape index (κ3) is 3.84. The van der Waals surface area contributed by atoms with Crippen LogP contribution in [0.5, 0.6) is 0 Å². The average molecular weight is 293 g/mol. The number of carboxylic acid groups (broad SMARTS) is 1. The molecule has 1 heterocycles. The van der Waals surface area contributed by atoms with Gasteiger partial charge in [0.2, 0.25) is 0 Å². The Morgan fingerprint density at radius 3 is 2.76 bits per heavy atom. The first-order valence-corrected chi connectivity index (χ1v) is 7.99. The summed E-state index contributed by atoms with van der Waals surface area (Å²) in [5.74, 6) is -0.689. The van der Waals surface area contributed by atoms with Gasteiger partial charge in [0, 0.05) is 24.8 Å². The van der Waals surface area contributed by atoms with Gasteiger partial charge in [0.1, 0.15) is 0 Å². The topological polar surface area (TPSA) is 58.4 Å². The lowest BCUT2D eigenvalue weighted by atomic mass is 9.78. The number of aliphatic carboxylic acids is 1. The normalized spacial score (nSPS) is 18.0. The van der Waals surface area contributed by atoms with E-state index in [1.165, 1.54) is 12.1 Å². The second-order valence-electron chi connectivity index (χ2n) is 6.29. The van der Waals surface area contributed by atoms with Crippen molar-refractivity contribution in [2.24, 2.45) is 0 Å². The van der Waals surface area contributed by atoms with Gasteiger partial charge in [-0.05, 0) is 26.3 Å². The lowest BCUT2D eigenvalue weighted by Crippen LogP contribution is -2.49. The molecule has 21 heavy (non-hydrogen) atoms. The minimum absolute atomic E-state index is 0.189. The van der Waals surface area contributed by atoms with Gasteiger partial charge in [0.05, 0.1) is 18.4 Å². The molecule has 1 aromatic heterocycles. The largest absolute Gasteiger partial charge is 0.481 e. The number of hydrogen-bond acceptors (Lipinski definition) is 3. The van der Waals surface area contributed by atoms with E-state index in [1.54, 1.807) is 0 Å². The average Bonchev–Trinajstić information content (AvgIpc) is 2.87. The third-order valence-corrected chi connectivity index (χ3v) is 4.74. The molecule has 1 N–H and O–H groups in total. The van der Waals surface area contributed by atoms with Gasteiger partial charge in [-0.2, -0.15) is 0 Å². The third-order valence-electron chi connectivity index (χ3n) is 4.74. The summed E-state index contributed by atoms with van der Waals surface area (Å²) < 4.78 is 2.17. The Hall–Kier alpha value is -1.36. The van der Waals surface area contributed by atoms with Crippen molar-refractivity contribution in [3.05, 3.63) is 18.2 Å². The molecule has 2 rings (SSSR count). The van der Waals surface area contributed by atoms with Crippen LogP contribution in [0.15, 0.2) is 12.5 Å². The quantitative estimate of drug-likeness (QED) is 0.840. The molecule has 0 unspecified atom stereocenters. The molecule has 0 aromatic carbocycles. The fourth-order valence-electron chi connectivity index (χ4n) is 3.52. The van der Waals surface area contributed by atoms with Crippen LogP contribution in [0.1, 0.15) is 57.6 Å². The highest BCUT2D eigenvalue weighted by molar-refractivity contribution is 5.68. The Kier molecular flexibility index (Phi) is 5.39. The molecule has 1 aliphatic carbocycles. The molecular formula is C16H27N3O2. The van der Waals surface area contributed by atoms with Gasteiger partial charge in [-0.25, -0.2) is 4.98 Å². The Labute approximate surface area is 127 Å². The number of rotatable bonds is 7. The highest BCUT2D eigenvalue weighted by atomic mass is 16.4. The Morgan fingerprint density at radius 2 is 2.14 bits per heavy atom. The van der Waals surface area contributed by atoms with Gasteiger partial charge in [-0.15, -0.1) is 0 Å². The van der Waals surface area contributed by atoms with Crippen molar-refractivity contribution in [2.75, 3.05) is 7.05 Å². The zero-order chi connectivity index (χ0) is 15.3. The lowest BCUT2D eigenvalue weighted by Gasteiger charge is -2.44. The van der Waals surface area contributed by atoms with Gasteiger partial charge in [0.15, 0.2) is 0 Å². The van der Waals surface area contributed by atoms with Gasteiger partial charge in [-0.1, -0.05) is 26.2 Å². The lowest BCUT2D eigenvalue weighted by molar-refractivity contribution is -0.141. The van der Waals surface area contributed by atoms with Crippen LogP contribution in [0.4, 0.5) is 0 Å². The molecule has 118 valence electrons. The number of carboxylic acids is 1. The van der Waals surface area contributed by atoms with Gasteiger partial charge >= 0.3 is 5.97 Å². The van der Waals surface area contributed by atoms with E-state index in [0.29, 0.717) is 0 Å². The molecular weight excluding hydrogens is 266 g/mol. The molecule has 1 aliphatic rings. The SMILES string of the molecule is CCCn1cncc1CN(C)C1(CC(=O)O)CCCCC1. The van der Waals surface area contributed by atoms with Gasteiger partial charge in [-0.3, -0.25) is 9.69 Å². The smallest absolute Gasteiger partial charge is 0.305 e. The number of carbonyl (C=O) groups is 1. The van der Waals surface area contributed by atoms with Crippen molar-refractivity contribution in [3.63, 3.8) is 0 Å². The highest BCUT2D eigenvalue weighted by Crippen LogP contribution is 2.36. The van der Waals surface area contributed by atoms with E-state index in [0.717, 1.165) is 45.2 Å². The molecule has 0 amide bonds. The predicted molar refractivity (Wildman–Crippen MR) is 82.1 cm³/mol. The van der Waals surface area contributed by atoms with Crippen molar-refractivity contribution in [2.45, 2.75) is 70.5 Å². The zero-order valence-corrected chi connectivity index (χ0v) is 13.2. The maximum absolute atomic E-state index is 11.3. The van der Waals surface area contributed by atoms with Crippen LogP contribution in [-0.4, -0.2) is 38.1 Å². The molecule has 0 spiro atoms. The Bertz CT molecular complexity index is 464. The molecule has 0 saturated heterocycles. The molecule has 0 bridgehead atoms. The van der Waals surface area contributed by atoms with Gasteiger partial charge in [0.25, 0.3) is 0 Å². The van der Waals surface area contributed by atoms with Crippen LogP contribution in [-0.2, 0) is 17.9 Å². The molecule has 1 aromatic rings. The van der Waals surface area contributed by atoms with Crippen molar-refractivity contribution in [1.29, 1.82) is 0 Å². The predicted octanol–water partition coefficient (Wildman–Crippen LogP) is 2.90. The first-order valence-electron chi connectivity index (χ1n) is 7.99. The summed E-state index contributed by atoms with van der Waals surface area (Å²) in [6.07, 6.45) is 10.6. The first-order chi connectivity index (χ1) is 10.1. The molecule has 0 radical (unpaired) electrons. The summed E-state index contributed by atoms with van der Waals surface area (Å²) in [7, 11) is 2.07. The number of aryl methyl sites for hydroxylation is 1. The highest BCUT2D eigenvalue weighted by Gasteiger charge is 2.38. The van der Waals surface area contributed by atoms with E-state index < -0.39 is 5.97 Å². The van der Waals surface area contributed by atoms with Crippen molar-refractivity contribution >= 4 is 5.97 Å². The summed E-state index contributed by atoms with van der Waals surface area (Å²) in [6, 6.07) is 0. The number of imidazole rings is 1. The maximum Gasteiger partial charge on any atom is 0.305 e. The summed E-state index contributed by atoms with van der Waals surface area (Å²) >= 11 is 0. The Morgan fingerprint density at radius 1 is 1.43 bits per heavy atom. The first kappa shape index (κ1) is 16.0. The standard InChI is InChI=1S/C16H27N3O2/c1-3-9-19-13-17-11-14(19)12-18(2)16(10-15(20)21)7-5-4-6-8-16/h11,13H,3-10,12H2,1-2H3,(H,20,21). The second-order valence-corrected chi connectivity index (χ2v) is 6.29. The molecule has 5 nitrogen and oxygen atoms in total. The number of aromatic nitrogens is 2. The van der Waals surface area contributed by atoms with Crippen molar-refractivity contribution in [1.82, 2.24) is 14.5 Å². The summed E-state index contributed by atoms with van der Waals surface area (Å²) in [4.78, 5) is 17.8. The molecule has 0 aliphatic heterocycles. The van der Waals surface area contributed by atoms with Gasteiger partial charge < -0.3 is 9.67 Å². The molecule has 0 atom stereocenters. The fraction of sp³-hybridized carbons (Fsp3) is 0.750. The van der Waals surface area contributed by atoms with Crippen molar-refractivity contribution in [3.8, 4) is 0 Å². The second kappa shape index (κ2) is 7.07. The summed E-state index contributed by atoms with van der Waals surface area (Å²) in [5, 5.41) is 9.30. The molecule has 1 saturated carbocycles. The minimum atomic E-state index is -0.689. The van der Waals surface area contributed by atoms with Crippen LogP contribution in [0.3, 0.4) is 0 Å². The van der Waals surface area contributed by atoms with E-state index in [-0.39, 0.29) is 12.0 Å². The molecule has 5 heteroatoms. The fourth-order valence-corrected chi connectivity index (χ4v) is 3.52. The van der Waals surface area contributed by atoms with Crippen LogP contribution >= 0.6 is 0 Å². The number of nitrogens with zero attached hydrogens (tertiary/aromatic N) is 3. The van der Waals surface area contributed by atoms with Crippen LogP contribution in [0.2, 0.25) is 0 Å². The van der Waals surface area contributed by atoms with Crippen molar-refractivity contribution < 1.29 is 9.90 Å². The monoisotopic (exact) mass is 293 g/mol. The van der Waals surface area contributed by atoms with E-state index in [9.17, 15) is 9.90 Å². The Balaban J connectivity index is 2.12. The van der Waals surface area contributed by atoms with Crippen LogP contribution < -0.4 is 0 Å². The van der Waals surface area contributed by atoms with E-state index >= 15 is 0 Å². The van der Waals surface area contributed by atoms with E-state index in [2.05, 4.69) is 28.4 Å². The maximum atomic E-state index is 11.3. The van der Waals surface area contributed by atoms with E-state index in [4.69, 9.17) is 0 Å². The summed E-state index contributed by atoms with van der Waals surface area (Å²) in [6.45, 7) is 3.89. The number of hydrogen-bond donors (Lipinski definition) is 1. The molecule has 1 fully saturated rings. The zero-order valence-electron chi connectivity index (χ0n) is 13.2.